The molecule has 308 valence electrons. The number of carbonyl (C=O) groups excluding carboxylic acids is 9. The van der Waals surface area contributed by atoms with Crippen molar-refractivity contribution in [3.05, 3.63) is 29.8 Å². The van der Waals surface area contributed by atoms with Gasteiger partial charge in [0.2, 0.25) is 24.4 Å². The van der Waals surface area contributed by atoms with Gasteiger partial charge >= 0.3 is 41.8 Å². The van der Waals surface area contributed by atoms with Gasteiger partial charge in [-0.1, -0.05) is 0 Å². The Morgan fingerprint density at radius 3 is 1.25 bits per heavy atom. The van der Waals surface area contributed by atoms with Crippen molar-refractivity contribution in [3.63, 3.8) is 0 Å². The molecule has 2 N–H and O–H groups in total. The second-order valence-corrected chi connectivity index (χ2v) is 12.5. The van der Waals surface area contributed by atoms with Crippen LogP contribution in [0.5, 0.6) is 5.75 Å². The molecule has 56 heavy (non-hydrogen) atoms. The van der Waals surface area contributed by atoms with Gasteiger partial charge < -0.3 is 58.0 Å². The van der Waals surface area contributed by atoms with Crippen LogP contribution in [0.4, 0.5) is 0 Å². The third-order valence-electron chi connectivity index (χ3n) is 7.71. The first kappa shape index (κ1) is 44.6. The average molecular weight is 797 g/mol. The van der Waals surface area contributed by atoms with E-state index < -0.39 is 128 Å². The van der Waals surface area contributed by atoms with Crippen LogP contribution in [0.15, 0.2) is 24.3 Å². The van der Waals surface area contributed by atoms with Crippen LogP contribution in [-0.4, -0.2) is 128 Å². The summed E-state index contributed by atoms with van der Waals surface area (Å²) in [5, 5.41) is 5.05. The van der Waals surface area contributed by atoms with Crippen molar-refractivity contribution in [2.45, 2.75) is 117 Å². The normalized spacial score (nSPS) is 26.9. The highest BCUT2D eigenvalue weighted by atomic mass is 16.7. The van der Waals surface area contributed by atoms with E-state index in [1.807, 2.05) is 0 Å². The minimum Gasteiger partial charge on any atom is -0.463 e. The third kappa shape index (κ3) is 13.2. The monoisotopic (exact) mass is 796 g/mol. The minimum atomic E-state index is -1.69. The topological polar surface area (TPSA) is 270 Å². The molecule has 0 radical (unpaired) electrons. The van der Waals surface area contributed by atoms with Gasteiger partial charge in [0.1, 0.15) is 43.3 Å². The van der Waals surface area contributed by atoms with E-state index >= 15 is 0 Å². The average Bonchev–Trinajstić information content (AvgIpc) is 3.07. The van der Waals surface area contributed by atoms with Crippen molar-refractivity contribution in [2.24, 2.45) is 0 Å². The molecule has 0 saturated carbocycles. The molecule has 2 saturated heterocycles. The Bertz CT molecular complexity index is 1650. The summed E-state index contributed by atoms with van der Waals surface area (Å²) in [6, 6.07) is 2.42. The Morgan fingerprint density at radius 1 is 0.500 bits per heavy atom. The summed E-state index contributed by atoms with van der Waals surface area (Å²) < 4.78 is 55.2. The van der Waals surface area contributed by atoms with Gasteiger partial charge in [-0.15, -0.1) is 0 Å². The lowest BCUT2D eigenvalue weighted by Crippen LogP contribution is -2.67. The molecule has 0 aromatic heterocycles. The van der Waals surface area contributed by atoms with Crippen molar-refractivity contribution in [2.75, 3.05) is 13.2 Å². The Morgan fingerprint density at radius 2 is 0.875 bits per heavy atom. The maximum absolute atomic E-state index is 13.5. The van der Waals surface area contributed by atoms with Gasteiger partial charge in [0.15, 0.2) is 24.4 Å². The van der Waals surface area contributed by atoms with Crippen LogP contribution in [0.2, 0.25) is 0 Å². The van der Waals surface area contributed by atoms with E-state index in [1.165, 1.54) is 31.2 Å². The molecule has 0 bridgehead atoms. The number of amides is 2. The van der Waals surface area contributed by atoms with Crippen LogP contribution in [0, 0.1) is 0 Å². The van der Waals surface area contributed by atoms with Crippen LogP contribution in [0.25, 0.3) is 0 Å². The van der Waals surface area contributed by atoms with Crippen LogP contribution in [0.3, 0.4) is 0 Å². The number of rotatable bonds is 14. The minimum absolute atomic E-state index is 0.0336. The number of hydrogen-bond acceptors (Lipinski definition) is 19. The summed E-state index contributed by atoms with van der Waals surface area (Å²) in [6.45, 7) is 7.86. The second kappa shape index (κ2) is 20.2. The van der Waals surface area contributed by atoms with Crippen LogP contribution >= 0.6 is 0 Å². The first-order valence-electron chi connectivity index (χ1n) is 17.0. The maximum atomic E-state index is 13.5. The highest BCUT2D eigenvalue weighted by Gasteiger charge is 2.53. The number of carbonyl (C=O) groups is 9. The summed E-state index contributed by atoms with van der Waals surface area (Å²) in [5.74, 6) is -6.95. The molecule has 2 amide bonds. The third-order valence-corrected chi connectivity index (χ3v) is 7.71. The zero-order valence-electron chi connectivity index (χ0n) is 31.8. The highest BCUT2D eigenvalue weighted by molar-refractivity contribution is 5.89. The van der Waals surface area contributed by atoms with E-state index in [9.17, 15) is 43.2 Å². The lowest BCUT2D eigenvalue weighted by Gasteiger charge is -2.44. The van der Waals surface area contributed by atoms with E-state index in [-0.39, 0.29) is 11.3 Å². The Hall–Kier alpha value is -5.83. The standard InChI is InChI=1S/C35H44N2O19/c1-15(38)36-27-31(51-21(7)44)29(49-19(5)42)25(13-47-17(3)40)54-34(27)53-24-11-9-23(10-12-24)33(46)56-35-28(37-16(2)39)32(52-22(8)45)30(50-20(6)43)26(55-35)14-48-18(4)41/h9-12,25-32,34-35H,13-14H2,1-8H3,(H,36,38)(H,37,39)/t25-,26-,27+,28+,29+,30-,31-,32+,34-,35+/m1/s1. The molecule has 21 nitrogen and oxygen atoms in total. The second-order valence-electron chi connectivity index (χ2n) is 12.5. The van der Waals surface area contributed by atoms with Gasteiger partial charge in [0, 0.05) is 55.4 Å². The Labute approximate surface area is 320 Å². The fourth-order valence-electron chi connectivity index (χ4n) is 5.76. The van der Waals surface area contributed by atoms with Gasteiger partial charge in [-0.2, -0.15) is 0 Å². The van der Waals surface area contributed by atoms with Crippen molar-refractivity contribution in [3.8, 4) is 5.75 Å². The number of hydrogen-bond donors (Lipinski definition) is 2. The van der Waals surface area contributed by atoms with E-state index in [0.29, 0.717) is 0 Å². The van der Waals surface area contributed by atoms with Crippen molar-refractivity contribution >= 4 is 53.6 Å². The molecule has 10 atom stereocenters. The first-order valence-corrected chi connectivity index (χ1v) is 17.0. The van der Waals surface area contributed by atoms with E-state index in [1.54, 1.807) is 0 Å². The zero-order valence-corrected chi connectivity index (χ0v) is 31.8. The van der Waals surface area contributed by atoms with Gasteiger partial charge in [-0.3, -0.25) is 38.4 Å². The SMILES string of the molecule is CC(=O)N[C@@H]1[C@H](Oc2ccc(C(=O)O[C@@H]3O[C@H](COC(C)=O)[C@@H](OC(C)=O)[C@@H](OC(C)=O)[C@@H]3NC(C)=O)cc2)O[C@H](COC(C)=O)[C@H](OC(C)=O)[C@@H]1OC(C)=O. The smallest absolute Gasteiger partial charge is 0.340 e. The summed E-state index contributed by atoms with van der Waals surface area (Å²) in [4.78, 5) is 110. The van der Waals surface area contributed by atoms with Crippen molar-refractivity contribution in [1.29, 1.82) is 0 Å². The highest BCUT2D eigenvalue weighted by Crippen LogP contribution is 2.31. The van der Waals surface area contributed by atoms with Crippen LogP contribution < -0.4 is 15.4 Å². The predicted octanol–water partition coefficient (Wildman–Crippen LogP) is -0.466. The van der Waals surface area contributed by atoms with E-state index in [4.69, 9.17) is 47.4 Å². The fraction of sp³-hybridized carbons (Fsp3) is 0.571. The summed E-state index contributed by atoms with van der Waals surface area (Å²) in [6.07, 6.45) is -11.4. The Kier molecular flexibility index (Phi) is 16.1. The molecule has 21 heteroatoms. The van der Waals surface area contributed by atoms with Crippen molar-refractivity contribution in [1.82, 2.24) is 10.6 Å². The quantitative estimate of drug-likeness (QED) is 0.178. The molecule has 2 aliphatic heterocycles. The summed E-state index contributed by atoms with van der Waals surface area (Å²) in [7, 11) is 0. The van der Waals surface area contributed by atoms with Crippen molar-refractivity contribution < 1.29 is 90.5 Å². The molecule has 0 unspecified atom stereocenters. The molecule has 1 aromatic carbocycles. The summed E-state index contributed by atoms with van der Waals surface area (Å²) >= 11 is 0. The number of ether oxygens (including phenoxy) is 10. The number of esters is 7. The zero-order chi connectivity index (χ0) is 41.9. The number of nitrogens with one attached hydrogen (secondary N) is 2. The van der Waals surface area contributed by atoms with Gasteiger partial charge in [-0.05, 0) is 24.3 Å². The van der Waals surface area contributed by atoms with Gasteiger partial charge in [-0.25, -0.2) is 4.79 Å². The lowest BCUT2D eigenvalue weighted by molar-refractivity contribution is -0.263. The predicted molar refractivity (Wildman–Crippen MR) is 180 cm³/mol. The van der Waals surface area contributed by atoms with Gasteiger partial charge in [0.05, 0.1) is 5.56 Å². The molecule has 0 spiro atoms. The molecule has 2 heterocycles. The molecular formula is C35H44N2O19. The molecule has 0 aliphatic carbocycles. The Balaban J connectivity index is 1.93. The largest absolute Gasteiger partial charge is 0.463 e. The lowest BCUT2D eigenvalue weighted by atomic mass is 9.96. The van der Waals surface area contributed by atoms with Gasteiger partial charge in [0.25, 0.3) is 0 Å². The van der Waals surface area contributed by atoms with E-state index in [2.05, 4.69) is 10.6 Å². The van der Waals surface area contributed by atoms with Crippen LogP contribution in [-0.2, 0) is 81.0 Å². The summed E-state index contributed by atoms with van der Waals surface area (Å²) in [5.41, 5.74) is -0.103. The molecule has 3 rings (SSSR count). The molecule has 2 fully saturated rings. The number of benzene rings is 1. The first-order chi connectivity index (χ1) is 26.2. The van der Waals surface area contributed by atoms with Crippen LogP contribution in [0.1, 0.15) is 65.7 Å². The molecular weight excluding hydrogens is 752 g/mol. The van der Waals surface area contributed by atoms with E-state index in [0.717, 1.165) is 48.5 Å². The maximum Gasteiger partial charge on any atom is 0.340 e. The molecule has 1 aromatic rings. The molecule has 2 aliphatic rings. The fourth-order valence-corrected chi connectivity index (χ4v) is 5.76.